The lowest BCUT2D eigenvalue weighted by atomic mass is 9.98. The van der Waals surface area contributed by atoms with Crippen molar-refractivity contribution in [1.29, 1.82) is 0 Å². The molecular formula is C54H36N2S. The van der Waals surface area contributed by atoms with Crippen molar-refractivity contribution in [3.8, 4) is 39.1 Å². The first kappa shape index (κ1) is 33.2. The fraction of sp³-hybridized carbons (Fsp3) is 0. The number of nitrogens with zero attached hydrogens (tertiary/aromatic N) is 2. The molecule has 0 saturated heterocycles. The van der Waals surface area contributed by atoms with Crippen molar-refractivity contribution in [2.75, 3.05) is 4.90 Å². The molecule has 2 aromatic heterocycles. The average Bonchev–Trinajstić information content (AvgIpc) is 3.83. The molecule has 0 bridgehead atoms. The minimum absolute atomic E-state index is 1.12. The van der Waals surface area contributed by atoms with Crippen molar-refractivity contribution in [2.45, 2.75) is 0 Å². The molecule has 11 rings (SSSR count). The molecule has 0 radical (unpaired) electrons. The van der Waals surface area contributed by atoms with E-state index >= 15 is 0 Å². The van der Waals surface area contributed by atoms with Gasteiger partial charge in [0.1, 0.15) is 0 Å². The molecule has 2 heterocycles. The van der Waals surface area contributed by atoms with Crippen LogP contribution >= 0.6 is 11.3 Å². The molecule has 0 N–H and O–H groups in total. The molecule has 0 unspecified atom stereocenters. The van der Waals surface area contributed by atoms with Crippen molar-refractivity contribution < 1.29 is 0 Å². The maximum atomic E-state index is 2.49. The van der Waals surface area contributed by atoms with E-state index in [9.17, 15) is 0 Å². The standard InChI is InChI=1S/C54H36N2S/c1-4-17-37(18-5-1)40-31-33-43(39-21-8-3-9-22-39)51(35-40)56-48-27-14-11-25-45(48)54-49(28-16-29-50(54)56)55(47-26-13-10-23-42(47)38-19-6-2-7-20-38)41-32-34-53-46(36-41)44-24-12-15-30-52(44)57-53/h1-36H. The first-order chi connectivity index (χ1) is 28.3. The van der Waals surface area contributed by atoms with E-state index in [1.807, 2.05) is 11.3 Å². The van der Waals surface area contributed by atoms with Crippen LogP contribution in [0.5, 0.6) is 0 Å². The van der Waals surface area contributed by atoms with Crippen LogP contribution in [0.3, 0.4) is 0 Å². The summed E-state index contributed by atoms with van der Waals surface area (Å²) < 4.78 is 5.08. The Morgan fingerprint density at radius 1 is 0.351 bits per heavy atom. The highest BCUT2D eigenvalue weighted by molar-refractivity contribution is 7.25. The van der Waals surface area contributed by atoms with E-state index in [1.54, 1.807) is 0 Å². The second-order valence-corrected chi connectivity index (χ2v) is 15.6. The molecule has 0 aliphatic rings. The van der Waals surface area contributed by atoms with Gasteiger partial charge in [0.15, 0.2) is 0 Å². The lowest BCUT2D eigenvalue weighted by Gasteiger charge is -2.29. The number of para-hydroxylation sites is 2. The van der Waals surface area contributed by atoms with Gasteiger partial charge in [-0.15, -0.1) is 11.3 Å². The Balaban J connectivity index is 1.23. The van der Waals surface area contributed by atoms with Crippen LogP contribution in [0.15, 0.2) is 218 Å². The summed E-state index contributed by atoms with van der Waals surface area (Å²) in [7, 11) is 0. The molecular weight excluding hydrogens is 709 g/mol. The van der Waals surface area contributed by atoms with Crippen LogP contribution < -0.4 is 4.90 Å². The maximum absolute atomic E-state index is 2.49. The molecule has 57 heavy (non-hydrogen) atoms. The SMILES string of the molecule is c1ccc(-c2ccc(-c3ccccc3)c(-n3c4ccccc4c4c(N(c5ccc6sc7ccccc7c6c5)c5ccccc5-c5ccccc5)cccc43)c2)cc1. The van der Waals surface area contributed by atoms with Crippen molar-refractivity contribution in [3.63, 3.8) is 0 Å². The van der Waals surface area contributed by atoms with Crippen LogP contribution in [-0.4, -0.2) is 4.57 Å². The fourth-order valence-corrected chi connectivity index (χ4v) is 9.71. The van der Waals surface area contributed by atoms with Crippen LogP contribution in [0.25, 0.3) is 81.0 Å². The third kappa shape index (κ3) is 5.63. The molecule has 0 aliphatic heterocycles. The van der Waals surface area contributed by atoms with Gasteiger partial charge in [0.2, 0.25) is 0 Å². The first-order valence-electron chi connectivity index (χ1n) is 19.4. The van der Waals surface area contributed by atoms with Gasteiger partial charge < -0.3 is 9.47 Å². The van der Waals surface area contributed by atoms with Gasteiger partial charge in [0, 0.05) is 47.8 Å². The minimum Gasteiger partial charge on any atom is -0.309 e. The summed E-state index contributed by atoms with van der Waals surface area (Å²) in [6, 6.07) is 79.5. The van der Waals surface area contributed by atoms with E-state index in [0.717, 1.165) is 33.8 Å². The number of fused-ring (bicyclic) bond motifs is 6. The Hall–Kier alpha value is -7.20. The highest BCUT2D eigenvalue weighted by atomic mass is 32.1. The summed E-state index contributed by atoms with van der Waals surface area (Å²) in [5.74, 6) is 0. The molecule has 2 nitrogen and oxygen atoms in total. The molecule has 9 aromatic carbocycles. The summed E-state index contributed by atoms with van der Waals surface area (Å²) in [6.07, 6.45) is 0. The summed E-state index contributed by atoms with van der Waals surface area (Å²) >= 11 is 1.86. The summed E-state index contributed by atoms with van der Waals surface area (Å²) in [5.41, 5.74) is 13.9. The predicted octanol–water partition coefficient (Wildman–Crippen LogP) is 15.6. The zero-order valence-electron chi connectivity index (χ0n) is 31.1. The first-order valence-corrected chi connectivity index (χ1v) is 20.3. The zero-order chi connectivity index (χ0) is 37.7. The fourth-order valence-electron chi connectivity index (χ4n) is 8.63. The third-order valence-corrected chi connectivity index (χ3v) is 12.3. The quantitative estimate of drug-likeness (QED) is 0.158. The second-order valence-electron chi connectivity index (χ2n) is 14.5. The molecule has 3 heteroatoms. The normalized spacial score (nSPS) is 11.5. The summed E-state index contributed by atoms with van der Waals surface area (Å²) in [6.45, 7) is 0. The van der Waals surface area contributed by atoms with Crippen LogP contribution in [0, 0.1) is 0 Å². The average molecular weight is 745 g/mol. The zero-order valence-corrected chi connectivity index (χ0v) is 31.9. The van der Waals surface area contributed by atoms with Crippen molar-refractivity contribution in [2.24, 2.45) is 0 Å². The highest BCUT2D eigenvalue weighted by Crippen LogP contribution is 2.48. The molecule has 0 fully saturated rings. The minimum atomic E-state index is 1.12. The van der Waals surface area contributed by atoms with Crippen LogP contribution in [0.2, 0.25) is 0 Å². The monoisotopic (exact) mass is 744 g/mol. The molecule has 268 valence electrons. The Kier molecular flexibility index (Phi) is 8.04. The van der Waals surface area contributed by atoms with Crippen molar-refractivity contribution >= 4 is 70.4 Å². The lowest BCUT2D eigenvalue weighted by molar-refractivity contribution is 1.18. The number of anilines is 3. The molecule has 0 amide bonds. The summed E-state index contributed by atoms with van der Waals surface area (Å²) in [4.78, 5) is 2.49. The Morgan fingerprint density at radius 2 is 0.947 bits per heavy atom. The number of aromatic nitrogens is 1. The molecule has 0 spiro atoms. The smallest absolute Gasteiger partial charge is 0.0562 e. The molecule has 0 atom stereocenters. The molecule has 11 aromatic rings. The van der Waals surface area contributed by atoms with Gasteiger partial charge in [-0.2, -0.15) is 0 Å². The van der Waals surface area contributed by atoms with E-state index in [2.05, 4.69) is 228 Å². The highest BCUT2D eigenvalue weighted by Gasteiger charge is 2.24. The van der Waals surface area contributed by atoms with E-state index in [1.165, 1.54) is 64.3 Å². The van der Waals surface area contributed by atoms with Gasteiger partial charge in [-0.1, -0.05) is 164 Å². The van der Waals surface area contributed by atoms with E-state index in [0.29, 0.717) is 0 Å². The molecule has 0 aliphatic carbocycles. The number of hydrogen-bond acceptors (Lipinski definition) is 2. The van der Waals surface area contributed by atoms with Crippen LogP contribution in [-0.2, 0) is 0 Å². The van der Waals surface area contributed by atoms with E-state index in [4.69, 9.17) is 0 Å². The second kappa shape index (κ2) is 13.8. The van der Waals surface area contributed by atoms with E-state index in [-0.39, 0.29) is 0 Å². The van der Waals surface area contributed by atoms with Crippen LogP contribution in [0.1, 0.15) is 0 Å². The van der Waals surface area contributed by atoms with E-state index < -0.39 is 0 Å². The number of rotatable bonds is 7. The van der Waals surface area contributed by atoms with Gasteiger partial charge in [0.25, 0.3) is 0 Å². The number of thiophene rings is 1. The number of benzene rings is 9. The predicted molar refractivity (Wildman–Crippen MR) is 245 cm³/mol. The lowest BCUT2D eigenvalue weighted by Crippen LogP contribution is -2.11. The Labute approximate surface area is 335 Å². The van der Waals surface area contributed by atoms with Crippen LogP contribution in [0.4, 0.5) is 17.1 Å². The van der Waals surface area contributed by atoms with Crippen molar-refractivity contribution in [1.82, 2.24) is 4.57 Å². The van der Waals surface area contributed by atoms with Gasteiger partial charge in [-0.25, -0.2) is 0 Å². The topological polar surface area (TPSA) is 8.17 Å². The van der Waals surface area contributed by atoms with Gasteiger partial charge in [-0.3, -0.25) is 0 Å². The maximum Gasteiger partial charge on any atom is 0.0562 e. The van der Waals surface area contributed by atoms with Crippen molar-refractivity contribution in [3.05, 3.63) is 218 Å². The Bertz CT molecular complexity index is 3230. The van der Waals surface area contributed by atoms with Gasteiger partial charge in [0.05, 0.1) is 28.1 Å². The summed E-state index contributed by atoms with van der Waals surface area (Å²) in [5, 5.41) is 4.97. The van der Waals surface area contributed by atoms with Gasteiger partial charge >= 0.3 is 0 Å². The third-order valence-electron chi connectivity index (χ3n) is 11.2. The van der Waals surface area contributed by atoms with Gasteiger partial charge in [-0.05, 0) is 76.9 Å². The molecule has 0 saturated carbocycles. The number of hydrogen-bond donors (Lipinski definition) is 0. The Morgan fingerprint density at radius 3 is 1.74 bits per heavy atom. The largest absolute Gasteiger partial charge is 0.309 e.